The predicted molar refractivity (Wildman–Crippen MR) is 79.6 cm³/mol. The fourth-order valence-corrected chi connectivity index (χ4v) is 3.27. The summed E-state index contributed by atoms with van der Waals surface area (Å²) in [5, 5.41) is 9.99. The van der Waals surface area contributed by atoms with Crippen molar-refractivity contribution in [2.24, 2.45) is 5.92 Å². The molecule has 3 N–H and O–H groups in total. The number of amides is 1. The lowest BCUT2D eigenvalue weighted by Gasteiger charge is -2.33. The van der Waals surface area contributed by atoms with Crippen molar-refractivity contribution < 1.29 is 9.53 Å². The zero-order valence-electron chi connectivity index (χ0n) is 13.0. The molecule has 0 radical (unpaired) electrons. The minimum Gasteiger partial charge on any atom is -0.379 e. The largest absolute Gasteiger partial charge is 0.379 e. The van der Waals surface area contributed by atoms with E-state index in [0.717, 1.165) is 26.2 Å². The topological polar surface area (TPSA) is 62.4 Å². The molecule has 0 spiro atoms. The van der Waals surface area contributed by atoms with Crippen LogP contribution in [0.3, 0.4) is 0 Å². The summed E-state index contributed by atoms with van der Waals surface area (Å²) in [6, 6.07) is 0.870. The highest BCUT2D eigenvalue weighted by Gasteiger charge is 2.34. The van der Waals surface area contributed by atoms with E-state index in [9.17, 15) is 4.79 Å². The van der Waals surface area contributed by atoms with E-state index in [0.29, 0.717) is 24.5 Å². The van der Waals surface area contributed by atoms with Crippen molar-refractivity contribution in [3.05, 3.63) is 0 Å². The lowest BCUT2D eigenvalue weighted by atomic mass is 9.94. The van der Waals surface area contributed by atoms with Crippen LogP contribution >= 0.6 is 0 Å². The van der Waals surface area contributed by atoms with Crippen molar-refractivity contribution in [2.75, 3.05) is 26.3 Å². The van der Waals surface area contributed by atoms with E-state index in [-0.39, 0.29) is 11.4 Å². The maximum absolute atomic E-state index is 11.9. The Hall–Kier alpha value is -0.650. The highest BCUT2D eigenvalue weighted by atomic mass is 16.5. The molecule has 1 aliphatic carbocycles. The monoisotopic (exact) mass is 283 g/mol. The van der Waals surface area contributed by atoms with Crippen molar-refractivity contribution in [2.45, 2.75) is 57.7 Å². The lowest BCUT2D eigenvalue weighted by Crippen LogP contribution is -2.52. The van der Waals surface area contributed by atoms with Gasteiger partial charge >= 0.3 is 0 Å². The second-order valence-electron chi connectivity index (χ2n) is 7.02. The van der Waals surface area contributed by atoms with Crippen molar-refractivity contribution in [3.8, 4) is 0 Å². The maximum Gasteiger partial charge on any atom is 0.234 e. The molecule has 0 aromatic heterocycles. The van der Waals surface area contributed by atoms with Crippen molar-refractivity contribution in [1.29, 1.82) is 0 Å². The number of carbonyl (C=O) groups is 1. The average molecular weight is 283 g/mol. The van der Waals surface area contributed by atoms with Crippen molar-refractivity contribution in [1.82, 2.24) is 16.0 Å². The minimum atomic E-state index is -0.160. The fraction of sp³-hybridized carbons (Fsp3) is 0.933. The van der Waals surface area contributed by atoms with Gasteiger partial charge in [-0.2, -0.15) is 0 Å². The predicted octanol–water partition coefficient (Wildman–Crippen LogP) is 0.648. The van der Waals surface area contributed by atoms with Crippen LogP contribution in [0.1, 0.15) is 40.0 Å². The first-order valence-electron chi connectivity index (χ1n) is 7.81. The van der Waals surface area contributed by atoms with Gasteiger partial charge < -0.3 is 20.7 Å². The van der Waals surface area contributed by atoms with Crippen LogP contribution < -0.4 is 16.0 Å². The summed E-state index contributed by atoms with van der Waals surface area (Å²) >= 11 is 0. The molecule has 0 aromatic rings. The molecule has 5 heteroatoms. The number of ether oxygens (including phenoxy) is 1. The third-order valence-corrected chi connectivity index (χ3v) is 4.08. The molecular formula is C15H29N3O2. The van der Waals surface area contributed by atoms with E-state index in [1.807, 2.05) is 20.8 Å². The number of nitrogens with one attached hydrogen (secondary N) is 3. The van der Waals surface area contributed by atoms with Crippen LogP contribution in [0.5, 0.6) is 0 Å². The smallest absolute Gasteiger partial charge is 0.234 e. The van der Waals surface area contributed by atoms with E-state index >= 15 is 0 Å². The molecule has 2 fully saturated rings. The van der Waals surface area contributed by atoms with Crippen LogP contribution in [0.4, 0.5) is 0 Å². The van der Waals surface area contributed by atoms with Gasteiger partial charge in [0.2, 0.25) is 5.91 Å². The zero-order chi connectivity index (χ0) is 14.6. The molecule has 0 bridgehead atoms. The third kappa shape index (κ3) is 4.72. The molecule has 3 atom stereocenters. The number of hydrogen-bond donors (Lipinski definition) is 3. The Morgan fingerprint density at radius 1 is 1.35 bits per heavy atom. The van der Waals surface area contributed by atoms with E-state index in [1.54, 1.807) is 0 Å². The van der Waals surface area contributed by atoms with Crippen LogP contribution in [-0.4, -0.2) is 49.8 Å². The zero-order valence-corrected chi connectivity index (χ0v) is 13.0. The quantitative estimate of drug-likeness (QED) is 0.709. The molecule has 2 aliphatic rings. The molecular weight excluding hydrogens is 254 g/mol. The third-order valence-electron chi connectivity index (χ3n) is 4.08. The molecule has 116 valence electrons. The second-order valence-corrected chi connectivity index (χ2v) is 7.02. The summed E-state index contributed by atoms with van der Waals surface area (Å²) in [6.07, 6.45) is 3.62. The standard InChI is InChI=1S/C15H29N3O2/c1-15(2,3)18-14(19)9-17-12-6-4-5-11(12)13-10-20-8-7-16-13/h11-13,16-17H,4-10H2,1-3H3,(H,18,19). The molecule has 0 aromatic carbocycles. The van der Waals surface area contributed by atoms with E-state index in [4.69, 9.17) is 4.74 Å². The Morgan fingerprint density at radius 3 is 2.80 bits per heavy atom. The normalized spacial score (nSPS) is 31.2. The van der Waals surface area contributed by atoms with Crippen molar-refractivity contribution >= 4 is 5.91 Å². The van der Waals surface area contributed by atoms with Gasteiger partial charge in [-0.3, -0.25) is 4.79 Å². The number of hydrogen-bond acceptors (Lipinski definition) is 4. The van der Waals surface area contributed by atoms with E-state index < -0.39 is 0 Å². The first-order chi connectivity index (χ1) is 9.46. The van der Waals surface area contributed by atoms with Crippen LogP contribution in [0, 0.1) is 5.92 Å². The van der Waals surface area contributed by atoms with Gasteiger partial charge in [-0.05, 0) is 39.5 Å². The Kier molecular flexibility index (Phi) is 5.41. The summed E-state index contributed by atoms with van der Waals surface area (Å²) < 4.78 is 5.56. The van der Waals surface area contributed by atoms with Gasteiger partial charge in [-0.1, -0.05) is 6.42 Å². The van der Waals surface area contributed by atoms with Crippen LogP contribution in [0.25, 0.3) is 0 Å². The highest BCUT2D eigenvalue weighted by Crippen LogP contribution is 2.29. The van der Waals surface area contributed by atoms with Gasteiger partial charge in [-0.25, -0.2) is 0 Å². The molecule has 1 aliphatic heterocycles. The molecule has 20 heavy (non-hydrogen) atoms. The van der Waals surface area contributed by atoms with Gasteiger partial charge in [0.1, 0.15) is 0 Å². The minimum absolute atomic E-state index is 0.0796. The highest BCUT2D eigenvalue weighted by molar-refractivity contribution is 5.78. The van der Waals surface area contributed by atoms with Crippen molar-refractivity contribution in [3.63, 3.8) is 0 Å². The first-order valence-corrected chi connectivity index (χ1v) is 7.81. The van der Waals surface area contributed by atoms with Crippen LogP contribution in [0.2, 0.25) is 0 Å². The lowest BCUT2D eigenvalue weighted by molar-refractivity contribution is -0.121. The number of carbonyl (C=O) groups excluding carboxylic acids is 1. The maximum atomic E-state index is 11.9. The Balaban J connectivity index is 1.77. The Labute approximate surface area is 122 Å². The van der Waals surface area contributed by atoms with Gasteiger partial charge in [0.05, 0.1) is 19.8 Å². The molecule has 1 saturated heterocycles. The van der Waals surface area contributed by atoms with Gasteiger partial charge in [0.25, 0.3) is 0 Å². The summed E-state index contributed by atoms with van der Waals surface area (Å²) in [7, 11) is 0. The Bertz CT molecular complexity index is 322. The molecule has 2 rings (SSSR count). The summed E-state index contributed by atoms with van der Waals surface area (Å²) in [4.78, 5) is 11.9. The van der Waals surface area contributed by atoms with E-state index in [1.165, 1.54) is 12.8 Å². The summed E-state index contributed by atoms with van der Waals surface area (Å²) in [5.74, 6) is 0.661. The molecule has 5 nitrogen and oxygen atoms in total. The number of morpholine rings is 1. The fourth-order valence-electron chi connectivity index (χ4n) is 3.27. The molecule has 1 heterocycles. The van der Waals surface area contributed by atoms with E-state index in [2.05, 4.69) is 16.0 Å². The number of rotatable bonds is 4. The average Bonchev–Trinajstić information content (AvgIpc) is 2.83. The molecule has 1 amide bonds. The SMILES string of the molecule is CC(C)(C)NC(=O)CNC1CCCC1C1COCCN1. The van der Waals surface area contributed by atoms with Crippen LogP contribution in [-0.2, 0) is 9.53 Å². The second kappa shape index (κ2) is 6.87. The molecule has 1 saturated carbocycles. The summed E-state index contributed by atoms with van der Waals surface area (Å²) in [5.41, 5.74) is -0.160. The Morgan fingerprint density at radius 2 is 2.15 bits per heavy atom. The van der Waals surface area contributed by atoms with Gasteiger partial charge in [0.15, 0.2) is 0 Å². The van der Waals surface area contributed by atoms with Crippen LogP contribution in [0.15, 0.2) is 0 Å². The first kappa shape index (κ1) is 15.7. The molecule has 3 unspecified atom stereocenters. The van der Waals surface area contributed by atoms with Gasteiger partial charge in [0, 0.05) is 24.2 Å². The van der Waals surface area contributed by atoms with Gasteiger partial charge in [-0.15, -0.1) is 0 Å². The summed E-state index contributed by atoms with van der Waals surface area (Å²) in [6.45, 7) is 8.99.